The molecule has 134 valence electrons. The summed E-state index contributed by atoms with van der Waals surface area (Å²) in [5, 5.41) is 14.2. The molecule has 0 saturated heterocycles. The second kappa shape index (κ2) is 7.32. The van der Waals surface area contributed by atoms with Crippen molar-refractivity contribution in [3.63, 3.8) is 0 Å². The van der Waals surface area contributed by atoms with Crippen LogP contribution in [0.5, 0.6) is 17.2 Å². The highest BCUT2D eigenvalue weighted by atomic mass is 35.5. The van der Waals surface area contributed by atoms with Crippen LogP contribution in [0.1, 0.15) is 5.56 Å². The van der Waals surface area contributed by atoms with Crippen molar-refractivity contribution in [1.82, 2.24) is 0 Å². The van der Waals surface area contributed by atoms with Crippen LogP contribution in [0.15, 0.2) is 36.4 Å². The minimum absolute atomic E-state index is 0.00162. The number of hydrogen-bond donors (Lipinski definition) is 1. The fraction of sp³-hybridized carbons (Fsp3) is 0.118. The van der Waals surface area contributed by atoms with Gasteiger partial charge in [-0.25, -0.2) is 0 Å². The number of fused-ring (bicyclic) bond motifs is 1. The predicted octanol–water partition coefficient (Wildman–Crippen LogP) is 3.64. The molecule has 3 rings (SSSR count). The molecule has 0 fully saturated rings. The van der Waals surface area contributed by atoms with Crippen molar-refractivity contribution in [2.75, 3.05) is 19.2 Å². The molecule has 0 atom stereocenters. The highest BCUT2D eigenvalue weighted by Crippen LogP contribution is 2.38. The van der Waals surface area contributed by atoms with Crippen molar-refractivity contribution in [2.24, 2.45) is 0 Å². The van der Waals surface area contributed by atoms with E-state index in [-0.39, 0.29) is 18.0 Å². The monoisotopic (exact) mass is 376 g/mol. The van der Waals surface area contributed by atoms with E-state index in [1.165, 1.54) is 37.5 Å². The highest BCUT2D eigenvalue weighted by Gasteiger charge is 2.22. The summed E-state index contributed by atoms with van der Waals surface area (Å²) >= 11 is 6.00. The van der Waals surface area contributed by atoms with E-state index in [0.29, 0.717) is 28.0 Å². The average molecular weight is 377 g/mol. The number of carbonyl (C=O) groups excluding carboxylic acids is 1. The highest BCUT2D eigenvalue weighted by molar-refractivity contribution is 6.32. The van der Waals surface area contributed by atoms with Crippen LogP contribution in [0.2, 0.25) is 5.02 Å². The molecule has 0 spiro atoms. The number of nitro benzene ring substituents is 1. The first kappa shape index (κ1) is 17.6. The molecule has 1 heterocycles. The molecule has 26 heavy (non-hydrogen) atoms. The van der Waals surface area contributed by atoms with Gasteiger partial charge in [0, 0.05) is 11.8 Å². The Morgan fingerprint density at radius 3 is 2.69 bits per heavy atom. The lowest BCUT2D eigenvalue weighted by atomic mass is 10.1. The maximum absolute atomic E-state index is 12.1. The predicted molar refractivity (Wildman–Crippen MR) is 94.9 cm³/mol. The number of anilines is 1. The van der Waals surface area contributed by atoms with E-state index in [1.54, 1.807) is 12.1 Å². The normalized spacial score (nSPS) is 12.2. The largest absolute Gasteiger partial charge is 0.495 e. The standard InChI is InChI=1S/C17H13ClN2O6/c1-24-14-4-3-11(7-12(14)18)19-17(21)5-2-10-6-15-16(26-9-25-15)8-13(10)20(22)23/h2-8H,9H2,1H3,(H,19,21)/b5-2+. The van der Waals surface area contributed by atoms with Gasteiger partial charge in [-0.05, 0) is 30.3 Å². The topological polar surface area (TPSA) is 99.9 Å². The molecule has 0 aromatic heterocycles. The fourth-order valence-corrected chi connectivity index (χ4v) is 2.59. The van der Waals surface area contributed by atoms with Crippen LogP contribution in [-0.4, -0.2) is 24.7 Å². The molecule has 2 aromatic rings. The SMILES string of the molecule is COc1ccc(NC(=O)/C=C/c2cc3c(cc2[N+](=O)[O-])OCO3)cc1Cl. The summed E-state index contributed by atoms with van der Waals surface area (Å²) in [6.45, 7) is -0.00162. The lowest BCUT2D eigenvalue weighted by molar-refractivity contribution is -0.385. The van der Waals surface area contributed by atoms with Gasteiger partial charge in [0.15, 0.2) is 11.5 Å². The van der Waals surface area contributed by atoms with Crippen LogP contribution < -0.4 is 19.5 Å². The first-order chi connectivity index (χ1) is 12.5. The Labute approximate surface area is 153 Å². The second-order valence-corrected chi connectivity index (χ2v) is 5.60. The molecule has 2 aromatic carbocycles. The van der Waals surface area contributed by atoms with Gasteiger partial charge in [-0.1, -0.05) is 11.6 Å². The summed E-state index contributed by atoms with van der Waals surface area (Å²) in [5.41, 5.74) is 0.499. The van der Waals surface area contributed by atoms with E-state index in [2.05, 4.69) is 5.32 Å². The molecule has 1 aliphatic heterocycles. The van der Waals surface area contributed by atoms with Gasteiger partial charge >= 0.3 is 0 Å². The van der Waals surface area contributed by atoms with Crippen LogP contribution in [0.25, 0.3) is 6.08 Å². The number of ether oxygens (including phenoxy) is 3. The van der Waals surface area contributed by atoms with Crippen molar-refractivity contribution < 1.29 is 23.9 Å². The minimum Gasteiger partial charge on any atom is -0.495 e. The number of nitrogens with zero attached hydrogens (tertiary/aromatic N) is 1. The van der Waals surface area contributed by atoms with Gasteiger partial charge in [0.25, 0.3) is 5.69 Å². The number of hydrogen-bond acceptors (Lipinski definition) is 6. The molecule has 0 saturated carbocycles. The van der Waals surface area contributed by atoms with E-state index in [1.807, 2.05) is 0 Å². The number of amides is 1. The molecular formula is C17H13ClN2O6. The average Bonchev–Trinajstić information content (AvgIpc) is 3.06. The zero-order valence-electron chi connectivity index (χ0n) is 13.5. The molecule has 1 amide bonds. The van der Waals surface area contributed by atoms with Crippen LogP contribution >= 0.6 is 11.6 Å². The Hall–Kier alpha value is -3.26. The summed E-state index contributed by atoms with van der Waals surface area (Å²) < 4.78 is 15.4. The van der Waals surface area contributed by atoms with E-state index in [4.69, 9.17) is 25.8 Å². The van der Waals surface area contributed by atoms with Gasteiger partial charge in [0.05, 0.1) is 28.7 Å². The Morgan fingerprint density at radius 1 is 1.31 bits per heavy atom. The third-order valence-corrected chi connectivity index (χ3v) is 3.85. The molecule has 0 unspecified atom stereocenters. The zero-order chi connectivity index (χ0) is 18.7. The van der Waals surface area contributed by atoms with Crippen LogP contribution in [-0.2, 0) is 4.79 Å². The Balaban J connectivity index is 1.78. The lowest BCUT2D eigenvalue weighted by Crippen LogP contribution is -2.07. The Bertz CT molecular complexity index is 912. The first-order valence-electron chi connectivity index (χ1n) is 7.38. The van der Waals surface area contributed by atoms with E-state index >= 15 is 0 Å². The summed E-state index contributed by atoms with van der Waals surface area (Å²) in [6.07, 6.45) is 2.52. The number of nitro groups is 1. The number of rotatable bonds is 5. The number of nitrogens with one attached hydrogen (secondary N) is 1. The molecule has 1 aliphatic rings. The third kappa shape index (κ3) is 3.70. The van der Waals surface area contributed by atoms with Crippen LogP contribution in [0.4, 0.5) is 11.4 Å². The fourth-order valence-electron chi connectivity index (χ4n) is 2.33. The van der Waals surface area contributed by atoms with Crippen molar-refractivity contribution in [1.29, 1.82) is 0 Å². The number of methoxy groups -OCH3 is 1. The quantitative estimate of drug-likeness (QED) is 0.486. The first-order valence-corrected chi connectivity index (χ1v) is 7.76. The maximum Gasteiger partial charge on any atom is 0.280 e. The van der Waals surface area contributed by atoms with Gasteiger partial charge in [-0.3, -0.25) is 14.9 Å². The van der Waals surface area contributed by atoms with Crippen LogP contribution in [0, 0.1) is 10.1 Å². The van der Waals surface area contributed by atoms with E-state index in [9.17, 15) is 14.9 Å². The summed E-state index contributed by atoms with van der Waals surface area (Å²) in [4.78, 5) is 22.7. The van der Waals surface area contributed by atoms with Gasteiger partial charge in [0.2, 0.25) is 12.7 Å². The Kier molecular flexibility index (Phi) is 4.94. The van der Waals surface area contributed by atoms with Crippen LogP contribution in [0.3, 0.4) is 0 Å². The lowest BCUT2D eigenvalue weighted by Gasteiger charge is -2.06. The Morgan fingerprint density at radius 2 is 2.04 bits per heavy atom. The molecule has 0 bridgehead atoms. The molecule has 0 aliphatic carbocycles. The van der Waals surface area contributed by atoms with Gasteiger partial charge < -0.3 is 19.5 Å². The van der Waals surface area contributed by atoms with Gasteiger partial charge in [-0.2, -0.15) is 0 Å². The molecular weight excluding hydrogens is 364 g/mol. The van der Waals surface area contributed by atoms with Crippen molar-refractivity contribution >= 4 is 35.0 Å². The van der Waals surface area contributed by atoms with Gasteiger partial charge in [0.1, 0.15) is 5.75 Å². The minimum atomic E-state index is -0.553. The molecule has 8 nitrogen and oxygen atoms in total. The summed E-state index contributed by atoms with van der Waals surface area (Å²) in [5.74, 6) is 0.693. The van der Waals surface area contributed by atoms with E-state index < -0.39 is 10.8 Å². The van der Waals surface area contributed by atoms with Crippen molar-refractivity contribution in [2.45, 2.75) is 0 Å². The number of benzene rings is 2. The zero-order valence-corrected chi connectivity index (χ0v) is 14.3. The smallest absolute Gasteiger partial charge is 0.280 e. The maximum atomic E-state index is 12.1. The van der Waals surface area contributed by atoms with Gasteiger partial charge in [-0.15, -0.1) is 0 Å². The molecule has 9 heteroatoms. The van der Waals surface area contributed by atoms with E-state index in [0.717, 1.165) is 0 Å². The summed E-state index contributed by atoms with van der Waals surface area (Å²) in [6, 6.07) is 7.50. The number of halogens is 1. The number of carbonyl (C=O) groups is 1. The summed E-state index contributed by atoms with van der Waals surface area (Å²) in [7, 11) is 1.49. The van der Waals surface area contributed by atoms with Crippen molar-refractivity contribution in [3.8, 4) is 17.2 Å². The van der Waals surface area contributed by atoms with Crippen molar-refractivity contribution in [3.05, 3.63) is 57.1 Å². The third-order valence-electron chi connectivity index (χ3n) is 3.55. The molecule has 0 radical (unpaired) electrons. The molecule has 1 N–H and O–H groups in total. The second-order valence-electron chi connectivity index (χ2n) is 5.19.